The number of rotatable bonds is 21. The number of benzene rings is 5. The van der Waals surface area contributed by atoms with Crippen LogP contribution in [0.15, 0.2) is 115 Å². The Morgan fingerprint density at radius 3 is 1.87 bits per heavy atom. The molecule has 0 atom stereocenters. The Morgan fingerprint density at radius 2 is 1.23 bits per heavy atom. The fraction of sp³-hybridized carbons (Fsp3) is 0.205. The van der Waals surface area contributed by atoms with Crippen molar-refractivity contribution < 1.29 is 92.8 Å². The van der Waals surface area contributed by atoms with E-state index in [2.05, 4.69) is 46.0 Å². The minimum Gasteiger partial charge on any atom is -0.505 e. The Bertz CT molecular complexity index is 4400. The molecule has 2 heterocycles. The van der Waals surface area contributed by atoms with E-state index in [-0.39, 0.29) is 75.2 Å². The number of aromatic nitrogens is 4. The van der Waals surface area contributed by atoms with E-state index in [1.807, 2.05) is 0 Å². The van der Waals surface area contributed by atoms with Crippen LogP contribution in [0.25, 0.3) is 27.2 Å². The first kappa shape index (κ1) is 59.1. The summed E-state index contributed by atoms with van der Waals surface area (Å²) in [5, 5.41) is 56.8. The van der Waals surface area contributed by atoms with Crippen molar-refractivity contribution >= 4 is 139 Å². The van der Waals surface area contributed by atoms with Gasteiger partial charge >= 0.3 is 0 Å². The van der Waals surface area contributed by atoms with Gasteiger partial charge in [-0.15, -0.1) is 40.9 Å². The van der Waals surface area contributed by atoms with Crippen LogP contribution in [0.1, 0.15) is 24.1 Å². The van der Waals surface area contributed by atoms with Gasteiger partial charge in [-0.25, -0.2) is 0 Å². The first-order valence-electron chi connectivity index (χ1n) is 21.1. The van der Waals surface area contributed by atoms with Gasteiger partial charge in [0.05, 0.1) is 40.1 Å². The zero-order valence-electron chi connectivity index (χ0n) is 39.1. The van der Waals surface area contributed by atoms with Gasteiger partial charge < -0.3 is 14.9 Å². The normalized spacial score (nSPS) is 13.3. The third-order valence-corrected chi connectivity index (χ3v) is 17.6. The van der Waals surface area contributed by atoms with Crippen molar-refractivity contribution in [2.45, 2.75) is 50.6 Å². The summed E-state index contributed by atoms with van der Waals surface area (Å²) in [5.74, 6) is -3.09. The zero-order chi connectivity index (χ0) is 57.5. The lowest BCUT2D eigenvalue weighted by Gasteiger charge is -2.13. The van der Waals surface area contributed by atoms with Crippen molar-refractivity contribution in [2.75, 3.05) is 23.9 Å². The third kappa shape index (κ3) is 14.2. The summed E-state index contributed by atoms with van der Waals surface area (Å²) in [5.41, 5.74) is -2.29. The number of aromatic hydroxyl groups is 2. The number of nitrogens with zero attached hydrogens (tertiary/aromatic N) is 10. The van der Waals surface area contributed by atoms with Gasteiger partial charge in [0.1, 0.15) is 37.5 Å². The van der Waals surface area contributed by atoms with Gasteiger partial charge in [-0.05, 0) is 86.2 Å². The SMILES string of the molecule is Cc1cc(N=Nc2c(S(=O)(=O)O)cc3c(S(=O)(=O)O)c(N=Nc4c(C)nn(-c5ccc6c(S(=O)(=O)O)cc(S(=O)(=O)O)cc6c5)c4O)ccc3c2O)c(OCCCS(=O)(=O)O)cc1N=Nc1nnc(SCCCS(=O)(=O)O)s1. The minimum atomic E-state index is -5.51. The van der Waals surface area contributed by atoms with Crippen LogP contribution in [0.5, 0.6) is 17.4 Å². The maximum absolute atomic E-state index is 13.1. The highest BCUT2D eigenvalue weighted by atomic mass is 32.2. The standard InChI is InChI=1S/C39H36N10O21S8/c1-19-13-29(30(70-9-3-11-73(52,53)54)18-28(19)41-45-38-46-47-39(72-38)71-10-4-12-74(55,56)57)42-44-34-32(77(64,65)66)17-26-25(35(34)50)7-8-27(36(26)78(67,68)69)40-43-33-20(2)48-49(37(33)51)22-5-6-24-21(14-22)15-23(75(58,59)60)16-31(24)76(61,62)63/h5-8,13-18,50-51H,3-4,9-12H2,1-2H3,(H,52,53,54)(H,55,56,57)(H,58,59,60)(H,61,62,63)(H,64,65,66)(H,67,68,69). The average molecular weight is 1240 g/mol. The molecule has 0 saturated heterocycles. The maximum Gasteiger partial charge on any atom is 0.297 e. The van der Waals surface area contributed by atoms with Crippen LogP contribution in [0, 0.1) is 13.8 Å². The van der Waals surface area contributed by atoms with Crippen molar-refractivity contribution in [1.29, 1.82) is 0 Å². The summed E-state index contributed by atoms with van der Waals surface area (Å²) in [6, 6.07) is 9.67. The quantitative estimate of drug-likeness (QED) is 0.0151. The molecule has 2 aromatic heterocycles. The molecule has 0 bridgehead atoms. The van der Waals surface area contributed by atoms with Crippen molar-refractivity contribution in [1.82, 2.24) is 20.0 Å². The van der Waals surface area contributed by atoms with E-state index >= 15 is 0 Å². The monoisotopic (exact) mass is 1240 g/mol. The molecule has 39 heteroatoms. The summed E-state index contributed by atoms with van der Waals surface area (Å²) in [6.07, 6.45) is -0.149. The number of thioether (sulfide) groups is 1. The van der Waals surface area contributed by atoms with Crippen LogP contribution in [0.3, 0.4) is 0 Å². The number of fused-ring (bicyclic) bond motifs is 2. The Morgan fingerprint density at radius 1 is 0.603 bits per heavy atom. The van der Waals surface area contributed by atoms with Crippen LogP contribution in [-0.2, 0) is 60.7 Å². The van der Waals surface area contributed by atoms with E-state index < -0.39 is 131 Å². The molecule has 0 saturated carbocycles. The van der Waals surface area contributed by atoms with E-state index in [0.29, 0.717) is 16.5 Å². The largest absolute Gasteiger partial charge is 0.505 e. The molecule has 0 unspecified atom stereocenters. The van der Waals surface area contributed by atoms with E-state index in [4.69, 9.17) is 9.29 Å². The third-order valence-electron chi connectivity index (χ3n) is 10.4. The molecular formula is C39H36N10O21S8. The van der Waals surface area contributed by atoms with E-state index in [1.54, 1.807) is 0 Å². The van der Waals surface area contributed by atoms with E-state index in [0.717, 1.165) is 58.1 Å². The molecule has 0 amide bonds. The lowest BCUT2D eigenvalue weighted by molar-refractivity contribution is 0.317. The van der Waals surface area contributed by atoms with Crippen LogP contribution in [-0.4, -0.2) is 132 Å². The number of phenols is 1. The summed E-state index contributed by atoms with van der Waals surface area (Å²) < 4.78 is 210. The van der Waals surface area contributed by atoms with E-state index in [1.165, 1.54) is 32.0 Å². The second-order valence-electron chi connectivity index (χ2n) is 16.0. The Labute approximate surface area is 449 Å². The minimum absolute atomic E-state index is 0.0521. The van der Waals surface area contributed by atoms with Crippen molar-refractivity contribution in [3.8, 4) is 23.1 Å². The van der Waals surface area contributed by atoms with Crippen LogP contribution in [0.4, 0.5) is 33.6 Å². The Kier molecular flexibility index (Phi) is 16.9. The van der Waals surface area contributed by atoms with Crippen molar-refractivity contribution in [3.63, 3.8) is 0 Å². The fourth-order valence-corrected chi connectivity index (χ4v) is 12.7. The van der Waals surface area contributed by atoms with Gasteiger partial charge in [0, 0.05) is 28.0 Å². The summed E-state index contributed by atoms with van der Waals surface area (Å²) in [6.45, 7) is 2.41. The molecule has 78 heavy (non-hydrogen) atoms. The molecule has 5 aromatic carbocycles. The van der Waals surface area contributed by atoms with Gasteiger partial charge in [-0.3, -0.25) is 27.3 Å². The van der Waals surface area contributed by atoms with Gasteiger partial charge in [0.2, 0.25) is 5.88 Å². The molecule has 0 aliphatic carbocycles. The second kappa shape index (κ2) is 22.3. The highest BCUT2D eigenvalue weighted by Gasteiger charge is 2.29. The number of azo groups is 3. The first-order chi connectivity index (χ1) is 36.1. The Balaban J connectivity index is 1.26. The predicted molar refractivity (Wildman–Crippen MR) is 274 cm³/mol. The topological polar surface area (TPSA) is 494 Å². The summed E-state index contributed by atoms with van der Waals surface area (Å²) in [4.78, 5) is -4.28. The molecule has 416 valence electrons. The number of hydrogen-bond acceptors (Lipinski definition) is 26. The fourth-order valence-electron chi connectivity index (χ4n) is 7.01. The lowest BCUT2D eigenvalue weighted by atomic mass is 10.1. The van der Waals surface area contributed by atoms with Crippen LogP contribution >= 0.6 is 23.1 Å². The molecule has 31 nitrogen and oxygen atoms in total. The maximum atomic E-state index is 13.1. The smallest absolute Gasteiger partial charge is 0.297 e. The molecule has 8 N–H and O–H groups in total. The number of aryl methyl sites for hydroxylation is 2. The highest BCUT2D eigenvalue weighted by molar-refractivity contribution is 8.01. The van der Waals surface area contributed by atoms with Crippen LogP contribution in [0.2, 0.25) is 0 Å². The Hall–Kier alpha value is -6.60. The van der Waals surface area contributed by atoms with Gasteiger partial charge in [-0.1, -0.05) is 29.2 Å². The molecule has 0 spiro atoms. The molecule has 0 fully saturated rings. The van der Waals surface area contributed by atoms with Gasteiger partial charge in [-0.2, -0.15) is 60.3 Å². The van der Waals surface area contributed by atoms with Gasteiger partial charge in [0.25, 0.3) is 65.8 Å². The highest BCUT2D eigenvalue weighted by Crippen LogP contribution is 2.47. The zero-order valence-corrected chi connectivity index (χ0v) is 45.7. The lowest BCUT2D eigenvalue weighted by Crippen LogP contribution is -2.08. The number of hydrogen-bond donors (Lipinski definition) is 8. The van der Waals surface area contributed by atoms with Crippen molar-refractivity contribution in [2.24, 2.45) is 30.7 Å². The second-order valence-corrected chi connectivity index (χ2v) is 27.0. The summed E-state index contributed by atoms with van der Waals surface area (Å²) >= 11 is 2.13. The molecular weight excluding hydrogens is 1200 g/mol. The van der Waals surface area contributed by atoms with E-state index in [9.17, 15) is 83.5 Å². The molecule has 7 aromatic rings. The van der Waals surface area contributed by atoms with Crippen molar-refractivity contribution in [3.05, 3.63) is 71.9 Å². The van der Waals surface area contributed by atoms with Gasteiger partial charge in [0.15, 0.2) is 15.8 Å². The molecule has 7 rings (SSSR count). The number of ether oxygens (including phenoxy) is 1. The number of phenolic OH excluding ortho intramolecular Hbond substituents is 1. The molecule has 0 radical (unpaired) electrons. The molecule has 0 aliphatic heterocycles. The first-order valence-corrected chi connectivity index (χ1v) is 31.9. The average Bonchev–Trinajstić information content (AvgIpc) is 3.89. The van der Waals surface area contributed by atoms with Crippen LogP contribution < -0.4 is 4.74 Å². The summed E-state index contributed by atoms with van der Waals surface area (Å²) in [7, 11) is -29.7. The predicted octanol–water partition coefficient (Wildman–Crippen LogP) is 7.32. The molecule has 0 aliphatic rings.